The van der Waals surface area contributed by atoms with Gasteiger partial charge in [0, 0.05) is 0 Å². The van der Waals surface area contributed by atoms with E-state index in [2.05, 4.69) is 20.6 Å². The summed E-state index contributed by atoms with van der Waals surface area (Å²) in [6.07, 6.45) is 2.94. The third kappa shape index (κ3) is 3.43. The van der Waals surface area contributed by atoms with E-state index >= 15 is 0 Å². The van der Waals surface area contributed by atoms with Gasteiger partial charge in [0.25, 0.3) is 11.5 Å². The Labute approximate surface area is 188 Å². The van der Waals surface area contributed by atoms with E-state index in [1.165, 1.54) is 17.0 Å². The van der Waals surface area contributed by atoms with E-state index in [0.29, 0.717) is 39.2 Å². The number of nitrogens with zero attached hydrogens (tertiary/aromatic N) is 6. The molecule has 0 saturated carbocycles. The Kier molecular flexibility index (Phi) is 4.93. The van der Waals surface area contributed by atoms with Crippen molar-refractivity contribution in [3.05, 3.63) is 94.1 Å². The molecule has 0 fully saturated rings. The minimum Gasteiger partial charge on any atom is -0.342 e. The number of amides is 1. The smallest absolute Gasteiger partial charge is 0.266 e. The number of aryl methyl sites for hydroxylation is 2. The number of carbonyl (C=O) groups is 1. The van der Waals surface area contributed by atoms with Gasteiger partial charge in [0.05, 0.1) is 40.1 Å². The normalized spacial score (nSPS) is 12.2. The van der Waals surface area contributed by atoms with Crippen LogP contribution in [0.15, 0.2) is 65.8 Å². The van der Waals surface area contributed by atoms with Crippen LogP contribution in [-0.4, -0.2) is 35.3 Å². The maximum atomic E-state index is 13.6. The van der Waals surface area contributed by atoms with Crippen LogP contribution in [0.4, 0.5) is 0 Å². The number of carbonyl (C=O) groups excluding carboxylic acids is 1. The Morgan fingerprint density at radius 2 is 1.82 bits per heavy atom. The van der Waals surface area contributed by atoms with Crippen molar-refractivity contribution >= 4 is 22.3 Å². The number of benzene rings is 2. The third-order valence-corrected chi connectivity index (χ3v) is 5.64. The summed E-state index contributed by atoms with van der Waals surface area (Å²) in [5.41, 5.74) is 3.45. The summed E-state index contributed by atoms with van der Waals surface area (Å²) < 4.78 is 3.08. The monoisotopic (exact) mass is 439 g/mol. The fraction of sp³-hybridized carbons (Fsp3) is 0.167. The lowest BCUT2D eigenvalue weighted by molar-refractivity contribution is 0.0939. The van der Waals surface area contributed by atoms with Crippen LogP contribution in [0.2, 0.25) is 0 Å². The molecule has 0 bridgehead atoms. The fourth-order valence-corrected chi connectivity index (χ4v) is 4.09. The first-order chi connectivity index (χ1) is 16.0. The lowest BCUT2D eigenvalue weighted by Crippen LogP contribution is -2.33. The van der Waals surface area contributed by atoms with Gasteiger partial charge in [0.1, 0.15) is 17.7 Å². The lowest BCUT2D eigenvalue weighted by Gasteiger charge is -2.20. The molecule has 0 aliphatic rings. The van der Waals surface area contributed by atoms with Crippen molar-refractivity contribution in [3.63, 3.8) is 0 Å². The van der Waals surface area contributed by atoms with Crippen molar-refractivity contribution < 1.29 is 4.79 Å². The van der Waals surface area contributed by atoms with Crippen LogP contribution in [0.25, 0.3) is 22.1 Å². The number of nitrogens with one attached hydrogen (secondary N) is 1. The summed E-state index contributed by atoms with van der Waals surface area (Å²) in [4.78, 5) is 31.6. The van der Waals surface area contributed by atoms with E-state index in [0.717, 1.165) is 5.56 Å². The number of fused-ring (bicyclic) bond motifs is 2. The molecule has 1 N–H and O–H groups in total. The number of aromatic nitrogens is 6. The van der Waals surface area contributed by atoms with E-state index in [4.69, 9.17) is 4.98 Å². The van der Waals surface area contributed by atoms with Gasteiger partial charge in [0.15, 0.2) is 0 Å². The molecule has 2 aromatic carbocycles. The summed E-state index contributed by atoms with van der Waals surface area (Å²) in [7, 11) is 0. The lowest BCUT2D eigenvalue weighted by atomic mass is 10.1. The van der Waals surface area contributed by atoms with Crippen LogP contribution in [0, 0.1) is 13.8 Å². The average molecular weight is 439 g/mol. The molecule has 3 aromatic heterocycles. The van der Waals surface area contributed by atoms with Crippen LogP contribution in [0.1, 0.15) is 40.4 Å². The predicted molar refractivity (Wildman–Crippen MR) is 123 cm³/mol. The second-order valence-electron chi connectivity index (χ2n) is 7.88. The van der Waals surface area contributed by atoms with Crippen LogP contribution in [0.3, 0.4) is 0 Å². The molecule has 9 heteroatoms. The highest BCUT2D eigenvalue weighted by atomic mass is 16.2. The van der Waals surface area contributed by atoms with Crippen molar-refractivity contribution in [2.45, 2.75) is 26.8 Å². The van der Waals surface area contributed by atoms with Gasteiger partial charge in [-0.3, -0.25) is 14.2 Å². The van der Waals surface area contributed by atoms with Crippen LogP contribution >= 0.6 is 0 Å². The van der Waals surface area contributed by atoms with Crippen molar-refractivity contribution in [2.75, 3.05) is 0 Å². The molecule has 1 amide bonds. The highest BCUT2D eigenvalue weighted by Crippen LogP contribution is 2.21. The summed E-state index contributed by atoms with van der Waals surface area (Å²) in [6, 6.07) is 14.3. The largest absolute Gasteiger partial charge is 0.342 e. The highest BCUT2D eigenvalue weighted by Gasteiger charge is 2.23. The first-order valence-electron chi connectivity index (χ1n) is 10.5. The minimum atomic E-state index is -0.570. The van der Waals surface area contributed by atoms with Gasteiger partial charge in [0.2, 0.25) is 0 Å². The van der Waals surface area contributed by atoms with Gasteiger partial charge < -0.3 is 5.32 Å². The summed E-state index contributed by atoms with van der Waals surface area (Å²) in [6.45, 7) is 5.45. The maximum absolute atomic E-state index is 13.6. The van der Waals surface area contributed by atoms with Crippen molar-refractivity contribution in [1.82, 2.24) is 34.7 Å². The molecule has 33 heavy (non-hydrogen) atoms. The maximum Gasteiger partial charge on any atom is 0.266 e. The van der Waals surface area contributed by atoms with E-state index in [1.54, 1.807) is 11.5 Å². The van der Waals surface area contributed by atoms with Crippen LogP contribution in [0.5, 0.6) is 0 Å². The quantitative estimate of drug-likeness (QED) is 0.461. The molecule has 5 aromatic rings. The second-order valence-corrected chi connectivity index (χ2v) is 7.88. The fourth-order valence-electron chi connectivity index (χ4n) is 4.09. The zero-order valence-corrected chi connectivity index (χ0v) is 18.4. The Balaban J connectivity index is 1.64. The Morgan fingerprint density at radius 1 is 1.03 bits per heavy atom. The van der Waals surface area contributed by atoms with Crippen molar-refractivity contribution in [3.8, 4) is 5.69 Å². The van der Waals surface area contributed by atoms with E-state index in [9.17, 15) is 9.59 Å². The van der Waals surface area contributed by atoms with Gasteiger partial charge in [-0.05, 0) is 44.5 Å². The number of hydrogen-bond acceptors (Lipinski definition) is 6. The van der Waals surface area contributed by atoms with Crippen LogP contribution in [-0.2, 0) is 0 Å². The minimum absolute atomic E-state index is 0.178. The number of para-hydroxylation sites is 1. The molecule has 0 aliphatic carbocycles. The molecule has 1 atom stereocenters. The van der Waals surface area contributed by atoms with Crippen LogP contribution < -0.4 is 10.9 Å². The molecule has 3 heterocycles. The summed E-state index contributed by atoms with van der Waals surface area (Å²) >= 11 is 0. The number of rotatable bonds is 4. The number of hydrogen-bond donors (Lipinski definition) is 1. The SMILES string of the molecule is Cc1nn2cnncc2c1C(=O)N[C@@H](C)c1nc2cccc(C)c2c(=O)n1-c1ccccc1. The molecule has 164 valence electrons. The van der Waals surface area contributed by atoms with Gasteiger partial charge in [-0.15, -0.1) is 5.10 Å². The Bertz CT molecular complexity index is 1570. The molecule has 0 radical (unpaired) electrons. The molecular formula is C24H21N7O2. The first kappa shape index (κ1) is 20.5. The zero-order valence-electron chi connectivity index (χ0n) is 18.4. The molecule has 0 saturated heterocycles. The third-order valence-electron chi connectivity index (χ3n) is 5.64. The molecular weight excluding hydrogens is 418 g/mol. The summed E-state index contributed by atoms with van der Waals surface area (Å²) in [5, 5.41) is 15.5. The Morgan fingerprint density at radius 3 is 2.61 bits per heavy atom. The first-order valence-corrected chi connectivity index (χ1v) is 10.5. The van der Waals surface area contributed by atoms with Gasteiger partial charge in [-0.2, -0.15) is 10.2 Å². The average Bonchev–Trinajstić information content (AvgIpc) is 3.15. The van der Waals surface area contributed by atoms with Crippen molar-refractivity contribution in [2.24, 2.45) is 0 Å². The zero-order chi connectivity index (χ0) is 23.1. The van der Waals surface area contributed by atoms with E-state index in [-0.39, 0.29) is 11.5 Å². The van der Waals surface area contributed by atoms with E-state index < -0.39 is 6.04 Å². The van der Waals surface area contributed by atoms with Gasteiger partial charge >= 0.3 is 0 Å². The van der Waals surface area contributed by atoms with Gasteiger partial charge in [-0.1, -0.05) is 30.3 Å². The highest BCUT2D eigenvalue weighted by molar-refractivity contribution is 6.02. The molecule has 0 spiro atoms. The molecule has 0 aliphatic heterocycles. The molecule has 9 nitrogen and oxygen atoms in total. The Hall–Kier alpha value is -4.40. The second kappa shape index (κ2) is 7.94. The topological polar surface area (TPSA) is 107 Å². The molecule has 0 unspecified atom stereocenters. The van der Waals surface area contributed by atoms with Gasteiger partial charge in [-0.25, -0.2) is 9.50 Å². The standard InChI is InChI=1S/C24H21N7O2/c1-14-8-7-11-18-20(14)24(33)31(17-9-5-4-6-10-17)22(28-18)16(3)27-23(32)21-15(2)29-30-13-26-25-12-19(21)30/h4-13,16H,1-3H3,(H,27,32)/t16-/m0/s1. The predicted octanol–water partition coefficient (Wildman–Crippen LogP) is 2.93. The summed E-state index contributed by atoms with van der Waals surface area (Å²) in [5.74, 6) is 0.104. The van der Waals surface area contributed by atoms with Crippen molar-refractivity contribution in [1.29, 1.82) is 0 Å². The molecule has 5 rings (SSSR count). The van der Waals surface area contributed by atoms with E-state index in [1.807, 2.05) is 62.4 Å².